The summed E-state index contributed by atoms with van der Waals surface area (Å²) in [5.74, 6) is 0.105. The molecule has 1 aromatic rings. The number of anilines is 1. The summed E-state index contributed by atoms with van der Waals surface area (Å²) < 4.78 is 10.1. The minimum atomic E-state index is -0.794. The number of carbonyl (C=O) groups is 2. The molecule has 6 heteroatoms. The van der Waals surface area contributed by atoms with Crippen LogP contribution in [0, 0.1) is 0 Å². The van der Waals surface area contributed by atoms with E-state index < -0.39 is 12.2 Å². The molecule has 1 aromatic carbocycles. The molecule has 0 saturated carbocycles. The molecule has 0 aromatic heterocycles. The second-order valence-electron chi connectivity index (χ2n) is 5.02. The van der Waals surface area contributed by atoms with Crippen LogP contribution in [0.3, 0.4) is 0 Å². The molecule has 1 aliphatic rings. The molecule has 1 amide bonds. The highest BCUT2D eigenvalue weighted by molar-refractivity contribution is 5.99. The second kappa shape index (κ2) is 6.13. The molecular formula is C15H19NO5. The van der Waals surface area contributed by atoms with Gasteiger partial charge in [-0.05, 0) is 31.0 Å². The van der Waals surface area contributed by atoms with Gasteiger partial charge in [-0.15, -0.1) is 0 Å². The number of likely N-dealkylation sites (N-methyl/N-ethyl adjacent to an activating group) is 1. The van der Waals surface area contributed by atoms with E-state index in [0.29, 0.717) is 17.0 Å². The maximum Gasteiger partial charge on any atom is 0.305 e. The molecule has 1 aliphatic heterocycles. The van der Waals surface area contributed by atoms with Crippen LogP contribution < -0.4 is 9.64 Å². The maximum absolute atomic E-state index is 11.9. The number of hydrogen-bond donors (Lipinski definition) is 1. The van der Waals surface area contributed by atoms with Gasteiger partial charge in [0.1, 0.15) is 5.75 Å². The highest BCUT2D eigenvalue weighted by Gasteiger charge is 2.29. The van der Waals surface area contributed by atoms with Gasteiger partial charge in [0.15, 0.2) is 6.10 Å². The number of ether oxygens (including phenoxy) is 2. The summed E-state index contributed by atoms with van der Waals surface area (Å²) in [5.41, 5.74) is 1.25. The maximum atomic E-state index is 11.9. The fraction of sp³-hybridized carbons (Fsp3) is 0.467. The standard InChI is InChI=1S/C15H19NO5/c1-9-15(19)16(2)11-8-10(4-6-13(11)21-9)12(17)5-7-14(18)20-3/h4,6,8-9,12,17H,5,7H2,1-3H3. The summed E-state index contributed by atoms with van der Waals surface area (Å²) in [7, 11) is 2.98. The summed E-state index contributed by atoms with van der Waals surface area (Å²) >= 11 is 0. The predicted molar refractivity (Wildman–Crippen MR) is 76.2 cm³/mol. The summed E-state index contributed by atoms with van der Waals surface area (Å²) in [5, 5.41) is 10.1. The number of amides is 1. The molecule has 0 aliphatic carbocycles. The van der Waals surface area contributed by atoms with Crippen molar-refractivity contribution in [3.63, 3.8) is 0 Å². The molecule has 0 radical (unpaired) electrons. The third kappa shape index (κ3) is 3.16. The number of benzene rings is 1. The number of aliphatic hydroxyl groups excluding tert-OH is 1. The van der Waals surface area contributed by atoms with Crippen molar-refractivity contribution in [1.82, 2.24) is 0 Å². The van der Waals surface area contributed by atoms with Crippen molar-refractivity contribution in [1.29, 1.82) is 0 Å². The zero-order valence-corrected chi connectivity index (χ0v) is 12.3. The van der Waals surface area contributed by atoms with Crippen LogP contribution in [0.25, 0.3) is 0 Å². The first-order valence-electron chi connectivity index (χ1n) is 6.77. The average Bonchev–Trinajstić information content (AvgIpc) is 2.49. The number of methoxy groups -OCH3 is 1. The fourth-order valence-electron chi connectivity index (χ4n) is 2.26. The van der Waals surface area contributed by atoms with E-state index in [1.54, 1.807) is 32.2 Å². The molecule has 2 unspecified atom stereocenters. The molecule has 21 heavy (non-hydrogen) atoms. The van der Waals surface area contributed by atoms with Crippen LogP contribution in [0.5, 0.6) is 5.75 Å². The Bertz CT molecular complexity index is 557. The Morgan fingerprint density at radius 3 is 2.90 bits per heavy atom. The molecule has 1 heterocycles. The lowest BCUT2D eigenvalue weighted by molar-refractivity contribution is -0.141. The first-order valence-corrected chi connectivity index (χ1v) is 6.77. The number of carbonyl (C=O) groups excluding carboxylic acids is 2. The topological polar surface area (TPSA) is 76.1 Å². The van der Waals surface area contributed by atoms with Crippen molar-refractivity contribution in [2.45, 2.75) is 32.0 Å². The monoisotopic (exact) mass is 293 g/mol. The number of nitrogens with zero attached hydrogens (tertiary/aromatic N) is 1. The lowest BCUT2D eigenvalue weighted by atomic mass is 10.0. The molecule has 0 fully saturated rings. The van der Waals surface area contributed by atoms with Crippen LogP contribution in [-0.4, -0.2) is 37.2 Å². The van der Waals surface area contributed by atoms with Gasteiger partial charge in [0, 0.05) is 13.5 Å². The van der Waals surface area contributed by atoms with Crippen LogP contribution in [0.2, 0.25) is 0 Å². The third-order valence-electron chi connectivity index (χ3n) is 3.56. The summed E-state index contributed by atoms with van der Waals surface area (Å²) in [6.45, 7) is 1.70. The Morgan fingerprint density at radius 1 is 1.52 bits per heavy atom. The Balaban J connectivity index is 2.17. The fourth-order valence-corrected chi connectivity index (χ4v) is 2.26. The zero-order valence-electron chi connectivity index (χ0n) is 12.3. The van der Waals surface area contributed by atoms with Gasteiger partial charge in [-0.3, -0.25) is 9.59 Å². The molecule has 2 rings (SSSR count). The van der Waals surface area contributed by atoms with E-state index in [9.17, 15) is 14.7 Å². The van der Waals surface area contributed by atoms with E-state index in [4.69, 9.17) is 4.74 Å². The van der Waals surface area contributed by atoms with Crippen molar-refractivity contribution >= 4 is 17.6 Å². The second-order valence-corrected chi connectivity index (χ2v) is 5.02. The minimum absolute atomic E-state index is 0.135. The van der Waals surface area contributed by atoms with Crippen LogP contribution in [0.1, 0.15) is 31.4 Å². The molecule has 0 saturated heterocycles. The molecule has 114 valence electrons. The van der Waals surface area contributed by atoms with Crippen LogP contribution in [-0.2, 0) is 14.3 Å². The van der Waals surface area contributed by atoms with E-state index in [2.05, 4.69) is 4.74 Å². The van der Waals surface area contributed by atoms with Gasteiger partial charge >= 0.3 is 5.97 Å². The SMILES string of the molecule is COC(=O)CCC(O)c1ccc2c(c1)N(C)C(=O)C(C)O2. The van der Waals surface area contributed by atoms with Gasteiger partial charge in [0.25, 0.3) is 5.91 Å². The van der Waals surface area contributed by atoms with Gasteiger partial charge < -0.3 is 19.5 Å². The highest BCUT2D eigenvalue weighted by Crippen LogP contribution is 2.35. The molecule has 0 spiro atoms. The van der Waals surface area contributed by atoms with Gasteiger partial charge in [0.2, 0.25) is 0 Å². The van der Waals surface area contributed by atoms with Gasteiger partial charge in [-0.25, -0.2) is 0 Å². The van der Waals surface area contributed by atoms with Gasteiger partial charge in [-0.1, -0.05) is 6.07 Å². The molecule has 2 atom stereocenters. The Hall–Kier alpha value is -2.08. The largest absolute Gasteiger partial charge is 0.479 e. The van der Waals surface area contributed by atoms with E-state index in [1.165, 1.54) is 12.0 Å². The van der Waals surface area contributed by atoms with E-state index in [-0.39, 0.29) is 24.7 Å². The van der Waals surface area contributed by atoms with Crippen molar-refractivity contribution in [3.05, 3.63) is 23.8 Å². The first-order chi connectivity index (χ1) is 9.93. The van der Waals surface area contributed by atoms with E-state index in [0.717, 1.165) is 0 Å². The lowest BCUT2D eigenvalue weighted by Crippen LogP contribution is -2.42. The molecule has 1 N–H and O–H groups in total. The van der Waals surface area contributed by atoms with Crippen molar-refractivity contribution in [3.8, 4) is 5.75 Å². The average molecular weight is 293 g/mol. The summed E-state index contributed by atoms with van der Waals surface area (Å²) in [6.07, 6.45) is -0.910. The van der Waals surface area contributed by atoms with Gasteiger partial charge in [-0.2, -0.15) is 0 Å². The summed E-state index contributed by atoms with van der Waals surface area (Å²) in [6, 6.07) is 5.17. The quantitative estimate of drug-likeness (QED) is 0.850. The van der Waals surface area contributed by atoms with Crippen LogP contribution in [0.15, 0.2) is 18.2 Å². The van der Waals surface area contributed by atoms with Crippen molar-refractivity contribution in [2.75, 3.05) is 19.1 Å². The van der Waals surface area contributed by atoms with Gasteiger partial charge in [0.05, 0.1) is 18.9 Å². The first kappa shape index (κ1) is 15.3. The lowest BCUT2D eigenvalue weighted by Gasteiger charge is -2.30. The smallest absolute Gasteiger partial charge is 0.305 e. The predicted octanol–water partition coefficient (Wildman–Crippen LogP) is 1.42. The third-order valence-corrected chi connectivity index (χ3v) is 3.56. The summed E-state index contributed by atoms with van der Waals surface area (Å²) in [4.78, 5) is 24.5. The number of fused-ring (bicyclic) bond motifs is 1. The number of aliphatic hydroxyl groups is 1. The minimum Gasteiger partial charge on any atom is -0.479 e. The highest BCUT2D eigenvalue weighted by atomic mass is 16.5. The van der Waals surface area contributed by atoms with E-state index in [1.807, 2.05) is 0 Å². The zero-order chi connectivity index (χ0) is 15.6. The van der Waals surface area contributed by atoms with Crippen LogP contribution >= 0.6 is 0 Å². The molecule has 6 nitrogen and oxygen atoms in total. The number of esters is 1. The number of hydrogen-bond acceptors (Lipinski definition) is 5. The Morgan fingerprint density at radius 2 is 2.24 bits per heavy atom. The molecule has 0 bridgehead atoms. The Kier molecular flexibility index (Phi) is 4.47. The van der Waals surface area contributed by atoms with Crippen molar-refractivity contribution in [2.24, 2.45) is 0 Å². The normalized spacial score (nSPS) is 18.8. The van der Waals surface area contributed by atoms with E-state index >= 15 is 0 Å². The molecular weight excluding hydrogens is 274 g/mol. The van der Waals surface area contributed by atoms with Crippen molar-refractivity contribution < 1.29 is 24.2 Å². The Labute approximate surface area is 123 Å². The number of rotatable bonds is 4. The van der Waals surface area contributed by atoms with Crippen LogP contribution in [0.4, 0.5) is 5.69 Å².